The summed E-state index contributed by atoms with van der Waals surface area (Å²) in [6.45, 7) is 1.25. The number of rotatable bonds is 3. The summed E-state index contributed by atoms with van der Waals surface area (Å²) in [5.74, 6) is 1.11. The molecular weight excluding hydrogens is 397 g/mol. The van der Waals surface area contributed by atoms with Gasteiger partial charge in [-0.1, -0.05) is 12.1 Å². The van der Waals surface area contributed by atoms with E-state index in [2.05, 4.69) is 10.4 Å². The zero-order valence-corrected chi connectivity index (χ0v) is 17.3. The fourth-order valence-electron chi connectivity index (χ4n) is 6.88. The van der Waals surface area contributed by atoms with Gasteiger partial charge >= 0.3 is 6.03 Å². The van der Waals surface area contributed by atoms with Crippen molar-refractivity contribution in [2.24, 2.45) is 23.5 Å². The van der Waals surface area contributed by atoms with Crippen LogP contribution in [0.5, 0.6) is 0 Å². The van der Waals surface area contributed by atoms with Crippen molar-refractivity contribution in [2.75, 3.05) is 6.54 Å². The number of hydrogen-bond acceptors (Lipinski definition) is 3. The predicted molar refractivity (Wildman–Crippen MR) is 111 cm³/mol. The lowest BCUT2D eigenvalue weighted by atomic mass is 9.80. The van der Waals surface area contributed by atoms with Crippen LogP contribution in [0.3, 0.4) is 0 Å². The standard InChI is InChI=1S/C23H26FN5O2/c24-17-3-1-2-15(9-17)20-19(21(25)30)18-12-28(4-5-29(18)27-20)22(31)26-23-10-13-6-14(11-23)8-16(23)7-13/h1-3,9,13-14,16H,4-8,10-12H2,(H2,25,30)(H,26,31). The Morgan fingerprint density at radius 1 is 1.16 bits per heavy atom. The summed E-state index contributed by atoms with van der Waals surface area (Å²) in [7, 11) is 0. The highest BCUT2D eigenvalue weighted by Crippen LogP contribution is 2.60. The first-order chi connectivity index (χ1) is 14.9. The van der Waals surface area contributed by atoms with Crippen molar-refractivity contribution in [3.63, 3.8) is 0 Å². The third-order valence-corrected chi connectivity index (χ3v) is 7.96. The van der Waals surface area contributed by atoms with Gasteiger partial charge in [0, 0.05) is 17.6 Å². The summed E-state index contributed by atoms with van der Waals surface area (Å²) in [6, 6.07) is 5.91. The van der Waals surface area contributed by atoms with Gasteiger partial charge in [0.2, 0.25) is 0 Å². The van der Waals surface area contributed by atoms with E-state index in [4.69, 9.17) is 5.73 Å². The van der Waals surface area contributed by atoms with Crippen LogP contribution in [0, 0.1) is 23.6 Å². The summed E-state index contributed by atoms with van der Waals surface area (Å²) >= 11 is 0. The van der Waals surface area contributed by atoms with Gasteiger partial charge in [-0.15, -0.1) is 0 Å². The highest BCUT2D eigenvalue weighted by Gasteiger charge is 2.58. The summed E-state index contributed by atoms with van der Waals surface area (Å²) in [5, 5.41) is 7.94. The van der Waals surface area contributed by atoms with Gasteiger partial charge in [0.25, 0.3) is 5.91 Å². The van der Waals surface area contributed by atoms with Crippen LogP contribution in [-0.2, 0) is 13.1 Å². The van der Waals surface area contributed by atoms with Gasteiger partial charge in [-0.05, 0) is 62.0 Å². The lowest BCUT2D eigenvalue weighted by molar-refractivity contribution is 0.0996. The number of primary amides is 1. The number of hydrogen-bond donors (Lipinski definition) is 2. The van der Waals surface area contributed by atoms with Gasteiger partial charge in [0.1, 0.15) is 11.5 Å². The van der Waals surface area contributed by atoms with Crippen molar-refractivity contribution in [2.45, 2.75) is 50.7 Å². The minimum atomic E-state index is -0.617. The molecule has 4 fully saturated rings. The molecule has 0 spiro atoms. The van der Waals surface area contributed by atoms with E-state index < -0.39 is 11.7 Å². The average Bonchev–Trinajstić information content (AvgIpc) is 3.30. The fourth-order valence-corrected chi connectivity index (χ4v) is 6.88. The lowest BCUT2D eigenvalue weighted by Crippen LogP contribution is -2.55. The number of carbonyl (C=O) groups excluding carboxylic acids is 2. The second kappa shape index (κ2) is 6.55. The highest BCUT2D eigenvalue weighted by molar-refractivity contribution is 6.00. The Morgan fingerprint density at radius 3 is 2.65 bits per heavy atom. The molecule has 2 heterocycles. The molecule has 162 valence electrons. The van der Waals surface area contributed by atoms with Crippen molar-refractivity contribution in [1.82, 2.24) is 20.0 Å². The largest absolute Gasteiger partial charge is 0.365 e. The molecule has 7 nitrogen and oxygen atoms in total. The highest BCUT2D eigenvalue weighted by atomic mass is 19.1. The summed E-state index contributed by atoms with van der Waals surface area (Å²) in [4.78, 5) is 27.3. The van der Waals surface area contributed by atoms with E-state index in [0.717, 1.165) is 24.7 Å². The molecule has 2 unspecified atom stereocenters. The van der Waals surface area contributed by atoms with Crippen LogP contribution < -0.4 is 11.1 Å². The van der Waals surface area contributed by atoms with E-state index in [1.165, 1.54) is 31.4 Å². The van der Waals surface area contributed by atoms with Gasteiger partial charge in [0.15, 0.2) is 0 Å². The number of nitrogens with zero attached hydrogens (tertiary/aromatic N) is 3. The number of fused-ring (bicyclic) bond motifs is 1. The molecule has 0 saturated heterocycles. The Balaban J connectivity index is 1.27. The average molecular weight is 423 g/mol. The van der Waals surface area contributed by atoms with Crippen LogP contribution in [0.4, 0.5) is 9.18 Å². The zero-order chi connectivity index (χ0) is 21.3. The molecule has 7 rings (SSSR count). The minimum absolute atomic E-state index is 0.0401. The van der Waals surface area contributed by atoms with Crippen molar-refractivity contribution < 1.29 is 14.0 Å². The summed E-state index contributed by atoms with van der Waals surface area (Å²) < 4.78 is 15.5. The number of nitrogens with two attached hydrogens (primary N) is 1. The molecule has 2 atom stereocenters. The fraction of sp³-hybridized carbons (Fsp3) is 0.522. The lowest BCUT2D eigenvalue weighted by Gasteiger charge is -2.37. The number of aromatic nitrogens is 2. The van der Waals surface area contributed by atoms with E-state index in [0.29, 0.717) is 36.0 Å². The Bertz CT molecular complexity index is 1080. The molecule has 3 amide bonds. The number of carbonyl (C=O) groups is 2. The quantitative estimate of drug-likeness (QED) is 0.795. The van der Waals surface area contributed by atoms with Crippen LogP contribution in [0.15, 0.2) is 24.3 Å². The number of urea groups is 1. The van der Waals surface area contributed by atoms with Gasteiger partial charge in [0.05, 0.1) is 24.3 Å². The number of benzene rings is 1. The molecule has 31 heavy (non-hydrogen) atoms. The molecule has 1 aliphatic heterocycles. The molecule has 1 aromatic carbocycles. The molecular formula is C23H26FN5O2. The molecule has 2 aromatic rings. The molecule has 3 N–H and O–H groups in total. The maximum atomic E-state index is 13.8. The topological polar surface area (TPSA) is 93.2 Å². The van der Waals surface area contributed by atoms with Crippen molar-refractivity contribution in [3.05, 3.63) is 41.3 Å². The third kappa shape index (κ3) is 2.87. The molecule has 0 radical (unpaired) electrons. The first-order valence-electron chi connectivity index (χ1n) is 11.1. The zero-order valence-electron chi connectivity index (χ0n) is 17.3. The van der Waals surface area contributed by atoms with Crippen LogP contribution in [0.25, 0.3) is 11.3 Å². The van der Waals surface area contributed by atoms with E-state index in [1.807, 2.05) is 0 Å². The smallest absolute Gasteiger partial charge is 0.318 e. The van der Waals surface area contributed by atoms with E-state index in [9.17, 15) is 14.0 Å². The second-order valence-electron chi connectivity index (χ2n) is 9.82. The van der Waals surface area contributed by atoms with Gasteiger partial charge in [-0.2, -0.15) is 5.10 Å². The third-order valence-electron chi connectivity index (χ3n) is 7.96. The molecule has 8 heteroatoms. The Morgan fingerprint density at radius 2 is 1.94 bits per heavy atom. The summed E-state index contributed by atoms with van der Waals surface area (Å²) in [5.41, 5.74) is 7.41. The number of amides is 3. The monoisotopic (exact) mass is 423 g/mol. The predicted octanol–water partition coefficient (Wildman–Crippen LogP) is 2.89. The maximum Gasteiger partial charge on any atom is 0.318 e. The van der Waals surface area contributed by atoms with Gasteiger partial charge in [-0.3, -0.25) is 9.48 Å². The van der Waals surface area contributed by atoms with Crippen molar-refractivity contribution in [1.29, 1.82) is 0 Å². The van der Waals surface area contributed by atoms with Crippen LogP contribution in [0.1, 0.15) is 48.2 Å². The number of halogens is 1. The Hall–Kier alpha value is -2.90. The first-order valence-corrected chi connectivity index (χ1v) is 11.1. The Labute approximate surface area is 179 Å². The SMILES string of the molecule is NC(=O)c1c(-c2cccc(F)c2)nn2c1CN(C(=O)NC13CC4CC(CC1C4)C3)CC2. The van der Waals surface area contributed by atoms with E-state index in [1.54, 1.807) is 21.7 Å². The van der Waals surface area contributed by atoms with Gasteiger partial charge in [-0.25, -0.2) is 9.18 Å². The molecule has 4 bridgehead atoms. The van der Waals surface area contributed by atoms with E-state index >= 15 is 0 Å². The summed E-state index contributed by atoms with van der Waals surface area (Å²) in [6.07, 6.45) is 6.00. The van der Waals surface area contributed by atoms with Crippen LogP contribution in [-0.4, -0.2) is 38.7 Å². The van der Waals surface area contributed by atoms with Crippen molar-refractivity contribution in [3.8, 4) is 11.3 Å². The molecule has 4 aliphatic carbocycles. The normalized spacial score (nSPS) is 30.5. The van der Waals surface area contributed by atoms with Crippen molar-refractivity contribution >= 4 is 11.9 Å². The maximum absolute atomic E-state index is 13.8. The second-order valence-corrected chi connectivity index (χ2v) is 9.82. The molecule has 4 saturated carbocycles. The Kier molecular flexibility index (Phi) is 3.98. The van der Waals surface area contributed by atoms with Crippen LogP contribution in [0.2, 0.25) is 0 Å². The minimum Gasteiger partial charge on any atom is -0.365 e. The number of nitrogens with one attached hydrogen (secondary N) is 1. The molecule has 5 aliphatic rings. The van der Waals surface area contributed by atoms with Crippen LogP contribution >= 0.6 is 0 Å². The first kappa shape index (κ1) is 18.8. The van der Waals surface area contributed by atoms with E-state index in [-0.39, 0.29) is 23.7 Å². The van der Waals surface area contributed by atoms with Gasteiger partial charge < -0.3 is 16.0 Å². The molecule has 1 aromatic heterocycles.